The Kier molecular flexibility index (Phi) is 10.6. The van der Waals surface area contributed by atoms with E-state index < -0.39 is 6.04 Å². The average molecular weight is 640 g/mol. The summed E-state index contributed by atoms with van der Waals surface area (Å²) < 4.78 is 3.14. The van der Waals surface area contributed by atoms with Crippen LogP contribution in [0.4, 0.5) is 5.69 Å². The number of hydrogen-bond acceptors (Lipinski definition) is 6. The Balaban J connectivity index is 1.55. The van der Waals surface area contributed by atoms with Gasteiger partial charge in [-0.3, -0.25) is 19.1 Å². The summed E-state index contributed by atoms with van der Waals surface area (Å²) in [4.78, 5) is 44.9. The molecule has 1 aliphatic rings. The fourth-order valence-electron chi connectivity index (χ4n) is 6.13. The average Bonchev–Trinajstić information content (AvgIpc) is 3.63. The molecule has 3 amide bonds. The van der Waals surface area contributed by atoms with Gasteiger partial charge in [-0.15, -0.1) is 0 Å². The van der Waals surface area contributed by atoms with Crippen LogP contribution >= 0.6 is 0 Å². The summed E-state index contributed by atoms with van der Waals surface area (Å²) in [5.74, 6) is -0.803. The molecule has 0 fully saturated rings. The molecule has 2 aromatic heterocycles. The number of nitrogens with one attached hydrogen (secondary N) is 1. The molecule has 11 nitrogen and oxygen atoms in total. The molecule has 0 bridgehead atoms. The first kappa shape index (κ1) is 33.6. The van der Waals surface area contributed by atoms with E-state index in [4.69, 9.17) is 5.10 Å². The Morgan fingerprint density at radius 1 is 0.957 bits per heavy atom. The van der Waals surface area contributed by atoms with Crippen molar-refractivity contribution in [3.05, 3.63) is 94.1 Å². The van der Waals surface area contributed by atoms with Crippen LogP contribution in [0.3, 0.4) is 0 Å². The van der Waals surface area contributed by atoms with Gasteiger partial charge >= 0.3 is 0 Å². The van der Waals surface area contributed by atoms with Gasteiger partial charge in [0.05, 0.1) is 29.6 Å². The van der Waals surface area contributed by atoms with Gasteiger partial charge in [0.1, 0.15) is 5.69 Å². The van der Waals surface area contributed by atoms with E-state index in [-0.39, 0.29) is 24.3 Å². The molecular formula is C36H45N7O4. The molecule has 5 rings (SSSR count). The number of amides is 3. The van der Waals surface area contributed by atoms with Gasteiger partial charge < -0.3 is 20.2 Å². The second-order valence-corrected chi connectivity index (χ2v) is 12.3. The van der Waals surface area contributed by atoms with Crippen LogP contribution in [0.5, 0.6) is 0 Å². The maximum atomic E-state index is 14.5. The van der Waals surface area contributed by atoms with E-state index >= 15 is 0 Å². The summed E-state index contributed by atoms with van der Waals surface area (Å²) >= 11 is 0. The molecule has 0 aliphatic carbocycles. The molecule has 0 spiro atoms. The first-order chi connectivity index (χ1) is 22.6. The molecule has 4 aromatic rings. The van der Waals surface area contributed by atoms with Crippen molar-refractivity contribution in [2.45, 2.75) is 72.4 Å². The lowest BCUT2D eigenvalue weighted by atomic mass is 9.93. The van der Waals surface area contributed by atoms with E-state index in [9.17, 15) is 19.5 Å². The molecule has 0 saturated heterocycles. The van der Waals surface area contributed by atoms with Gasteiger partial charge in [0.25, 0.3) is 17.7 Å². The number of unbranched alkanes of at least 4 members (excludes halogenated alkanes) is 2. The fraction of sp³-hybridized carbons (Fsp3) is 0.417. The summed E-state index contributed by atoms with van der Waals surface area (Å²) in [5.41, 5.74) is 5.42. The zero-order valence-electron chi connectivity index (χ0n) is 28.0. The molecule has 2 N–H and O–H groups in total. The van der Waals surface area contributed by atoms with Crippen LogP contribution in [0, 0.1) is 13.8 Å². The smallest absolute Gasteiger partial charge is 0.274 e. The Labute approximate surface area is 276 Å². The van der Waals surface area contributed by atoms with Crippen LogP contribution in [-0.2, 0) is 20.0 Å². The predicted molar refractivity (Wildman–Crippen MR) is 181 cm³/mol. The van der Waals surface area contributed by atoms with Gasteiger partial charge in [0, 0.05) is 38.1 Å². The lowest BCUT2D eigenvalue weighted by Gasteiger charge is -2.36. The highest BCUT2D eigenvalue weighted by atomic mass is 16.3. The Hall–Kier alpha value is -4.77. The quantitative estimate of drug-likeness (QED) is 0.223. The summed E-state index contributed by atoms with van der Waals surface area (Å²) in [5, 5.41) is 22.3. The lowest BCUT2D eigenvalue weighted by molar-refractivity contribution is 0.0544. The van der Waals surface area contributed by atoms with Crippen LogP contribution in [-0.4, -0.2) is 77.9 Å². The van der Waals surface area contributed by atoms with Crippen LogP contribution in [0.25, 0.3) is 5.69 Å². The highest BCUT2D eigenvalue weighted by molar-refractivity contribution is 6.05. The van der Waals surface area contributed by atoms with E-state index in [0.29, 0.717) is 65.8 Å². The zero-order chi connectivity index (χ0) is 33.7. The number of aliphatic hydroxyl groups is 1. The maximum absolute atomic E-state index is 14.5. The fourth-order valence-corrected chi connectivity index (χ4v) is 6.13. The lowest BCUT2D eigenvalue weighted by Crippen LogP contribution is -2.46. The third-order valence-corrected chi connectivity index (χ3v) is 8.73. The SMILES string of the molecule is CCCCN(CCCC)C(=O)c1cc(C)n(-c2ccc(NC(=O)c3cc(C)nn3C)cc2C(=O)N2Cc3ccccc3C[C@H]2CO)n1. The van der Waals surface area contributed by atoms with Gasteiger partial charge in [0.2, 0.25) is 0 Å². The van der Waals surface area contributed by atoms with Gasteiger partial charge in [-0.25, -0.2) is 4.68 Å². The van der Waals surface area contributed by atoms with Crippen molar-refractivity contribution in [3.8, 4) is 5.69 Å². The normalized spacial score (nSPS) is 14.2. The summed E-state index contributed by atoms with van der Waals surface area (Å²) in [6.45, 7) is 9.33. The van der Waals surface area contributed by atoms with E-state index in [2.05, 4.69) is 24.3 Å². The second-order valence-electron chi connectivity index (χ2n) is 12.3. The molecule has 0 unspecified atom stereocenters. The monoisotopic (exact) mass is 639 g/mol. The summed E-state index contributed by atoms with van der Waals surface area (Å²) in [6.07, 6.45) is 4.30. The molecular weight excluding hydrogens is 594 g/mol. The number of fused-ring (bicyclic) bond motifs is 1. The van der Waals surface area contributed by atoms with Crippen molar-refractivity contribution in [3.63, 3.8) is 0 Å². The zero-order valence-corrected chi connectivity index (χ0v) is 28.0. The molecule has 11 heteroatoms. The van der Waals surface area contributed by atoms with E-state index in [1.54, 1.807) is 47.0 Å². The number of carbonyl (C=O) groups excluding carboxylic acids is 3. The molecule has 0 saturated carbocycles. The molecule has 47 heavy (non-hydrogen) atoms. The Morgan fingerprint density at radius 2 is 1.66 bits per heavy atom. The highest BCUT2D eigenvalue weighted by Gasteiger charge is 2.32. The molecule has 3 heterocycles. The Bertz CT molecular complexity index is 1750. The molecule has 248 valence electrons. The number of aryl methyl sites for hydroxylation is 3. The van der Waals surface area contributed by atoms with Gasteiger partial charge in [-0.1, -0.05) is 51.0 Å². The van der Waals surface area contributed by atoms with Crippen molar-refractivity contribution < 1.29 is 19.5 Å². The second kappa shape index (κ2) is 14.8. The minimum atomic E-state index is -0.428. The molecule has 2 aromatic carbocycles. The number of anilines is 1. The largest absolute Gasteiger partial charge is 0.394 e. The van der Waals surface area contributed by atoms with Crippen LogP contribution < -0.4 is 5.32 Å². The number of nitrogens with zero attached hydrogens (tertiary/aromatic N) is 6. The maximum Gasteiger partial charge on any atom is 0.274 e. The minimum absolute atomic E-state index is 0.134. The highest BCUT2D eigenvalue weighted by Crippen LogP contribution is 2.29. The van der Waals surface area contributed by atoms with Crippen molar-refractivity contribution in [1.82, 2.24) is 29.4 Å². The number of aliphatic hydroxyl groups excluding tert-OH is 1. The third-order valence-electron chi connectivity index (χ3n) is 8.73. The standard InChI is InChI=1S/C36H45N7O4/c1-6-8-16-41(17-9-7-2)36(47)31-19-25(4)43(39-31)32-15-14-28(37-34(45)33-18-24(3)38-40(33)5)21-30(32)35(46)42-22-27-13-11-10-12-26(27)20-29(42)23-44/h10-15,18-19,21,29,44H,6-9,16-17,20,22-23H2,1-5H3,(H,37,45)/t29-/m0/s1. The number of hydrogen-bond donors (Lipinski definition) is 2. The number of benzene rings is 2. The summed E-state index contributed by atoms with van der Waals surface area (Å²) in [7, 11) is 1.70. The van der Waals surface area contributed by atoms with Crippen molar-refractivity contribution in [2.75, 3.05) is 25.0 Å². The molecule has 1 atom stereocenters. The Morgan fingerprint density at radius 3 is 2.30 bits per heavy atom. The predicted octanol–water partition coefficient (Wildman–Crippen LogP) is 5.08. The van der Waals surface area contributed by atoms with E-state index in [1.165, 1.54) is 4.68 Å². The van der Waals surface area contributed by atoms with Crippen molar-refractivity contribution >= 4 is 23.4 Å². The number of rotatable bonds is 12. The minimum Gasteiger partial charge on any atom is -0.394 e. The first-order valence-electron chi connectivity index (χ1n) is 16.5. The van der Waals surface area contributed by atoms with Crippen molar-refractivity contribution in [2.24, 2.45) is 7.05 Å². The molecule has 0 radical (unpaired) electrons. The van der Waals surface area contributed by atoms with Gasteiger partial charge in [-0.2, -0.15) is 10.2 Å². The molecule has 1 aliphatic heterocycles. The van der Waals surface area contributed by atoms with Crippen LogP contribution in [0.1, 0.15) is 93.4 Å². The first-order valence-corrected chi connectivity index (χ1v) is 16.5. The third kappa shape index (κ3) is 7.30. The van der Waals surface area contributed by atoms with Crippen molar-refractivity contribution in [1.29, 1.82) is 0 Å². The topological polar surface area (TPSA) is 126 Å². The number of aromatic nitrogens is 4. The van der Waals surface area contributed by atoms with E-state index in [0.717, 1.165) is 36.8 Å². The van der Waals surface area contributed by atoms with Gasteiger partial charge in [-0.05, 0) is 74.6 Å². The number of carbonyl (C=O) groups is 3. The van der Waals surface area contributed by atoms with Gasteiger partial charge in [0.15, 0.2) is 5.69 Å². The van der Waals surface area contributed by atoms with Crippen LogP contribution in [0.15, 0.2) is 54.6 Å². The van der Waals surface area contributed by atoms with Crippen LogP contribution in [0.2, 0.25) is 0 Å². The van der Waals surface area contributed by atoms with E-state index in [1.807, 2.05) is 43.0 Å². The summed E-state index contributed by atoms with van der Waals surface area (Å²) in [6, 6.07) is 16.1.